The first kappa shape index (κ1) is 21.4. The molecule has 0 spiro atoms. The van der Waals surface area contributed by atoms with Gasteiger partial charge in [0.05, 0.1) is 22.7 Å². The van der Waals surface area contributed by atoms with Gasteiger partial charge >= 0.3 is 0 Å². The number of likely N-dealkylation sites (tertiary alicyclic amines) is 1. The second kappa shape index (κ2) is 8.33. The molecule has 1 atom stereocenters. The van der Waals surface area contributed by atoms with Crippen LogP contribution in [-0.2, 0) is 11.3 Å². The van der Waals surface area contributed by atoms with Crippen molar-refractivity contribution in [1.29, 1.82) is 0 Å². The number of rotatable bonds is 5. The molecule has 1 N–H and O–H groups in total. The van der Waals surface area contributed by atoms with Crippen molar-refractivity contribution in [3.63, 3.8) is 0 Å². The van der Waals surface area contributed by atoms with E-state index in [1.54, 1.807) is 0 Å². The molecule has 1 aliphatic carbocycles. The van der Waals surface area contributed by atoms with Gasteiger partial charge in [0.25, 0.3) is 0 Å². The molecule has 0 bridgehead atoms. The minimum Gasteiger partial charge on any atom is -0.342 e. The fourth-order valence-corrected chi connectivity index (χ4v) is 5.59. The van der Waals surface area contributed by atoms with Crippen molar-refractivity contribution in [3.8, 4) is 22.5 Å². The standard InChI is InChI=1S/C30H29N5O/c1-19-2-11-26-28(14-19)35(18-20-12-13-34(17-20)30(36)23-7-8-23)29(32-26)22-5-3-21(4-6-22)24-9-10-25-16-31-33-27(25)15-24/h2-6,9-11,14-16,20,23H,7-8,12-13,17-18H2,1H3,(H,31,33)/t20-/m1/s1. The molecule has 2 fully saturated rings. The molecule has 0 radical (unpaired) electrons. The summed E-state index contributed by atoms with van der Waals surface area (Å²) in [6, 6.07) is 21.6. The topological polar surface area (TPSA) is 66.8 Å². The minimum absolute atomic E-state index is 0.295. The number of nitrogens with one attached hydrogen (secondary N) is 1. The maximum absolute atomic E-state index is 12.6. The quantitative estimate of drug-likeness (QED) is 0.349. The maximum Gasteiger partial charge on any atom is 0.225 e. The van der Waals surface area contributed by atoms with E-state index in [1.165, 1.54) is 16.6 Å². The summed E-state index contributed by atoms with van der Waals surface area (Å²) in [4.78, 5) is 19.8. The number of carbonyl (C=O) groups excluding carboxylic acids is 1. The van der Waals surface area contributed by atoms with Crippen LogP contribution in [0.4, 0.5) is 0 Å². The number of carbonyl (C=O) groups is 1. The molecule has 1 amide bonds. The summed E-state index contributed by atoms with van der Waals surface area (Å²) in [7, 11) is 0. The van der Waals surface area contributed by atoms with Gasteiger partial charge in [0.1, 0.15) is 5.82 Å². The summed E-state index contributed by atoms with van der Waals surface area (Å²) in [5, 5.41) is 8.31. The summed E-state index contributed by atoms with van der Waals surface area (Å²) in [5.41, 5.74) is 7.90. The fourth-order valence-electron chi connectivity index (χ4n) is 5.59. The smallest absolute Gasteiger partial charge is 0.225 e. The number of imidazole rings is 1. The molecule has 36 heavy (non-hydrogen) atoms. The third-order valence-corrected chi connectivity index (χ3v) is 7.79. The fraction of sp³-hybridized carbons (Fsp3) is 0.300. The van der Waals surface area contributed by atoms with Crippen molar-refractivity contribution in [3.05, 3.63) is 72.4 Å². The third-order valence-electron chi connectivity index (χ3n) is 7.79. The molecule has 1 aliphatic heterocycles. The van der Waals surface area contributed by atoms with Gasteiger partial charge in [-0.05, 0) is 67.0 Å². The summed E-state index contributed by atoms with van der Waals surface area (Å²) < 4.78 is 2.38. The first-order valence-corrected chi connectivity index (χ1v) is 12.9. The molecule has 2 aliphatic rings. The average Bonchev–Trinajstić information content (AvgIpc) is 3.30. The Morgan fingerprint density at radius 1 is 0.972 bits per heavy atom. The number of aromatic amines is 1. The van der Waals surface area contributed by atoms with E-state index in [0.717, 1.165) is 72.3 Å². The number of aryl methyl sites for hydroxylation is 1. The molecule has 3 aromatic carbocycles. The highest BCUT2D eigenvalue weighted by atomic mass is 16.2. The number of benzene rings is 3. The van der Waals surface area contributed by atoms with Crippen molar-refractivity contribution in [2.45, 2.75) is 32.7 Å². The third kappa shape index (κ3) is 3.77. The van der Waals surface area contributed by atoms with Gasteiger partial charge in [0, 0.05) is 36.5 Å². The number of hydrogen-bond acceptors (Lipinski definition) is 3. The number of amides is 1. The van der Waals surface area contributed by atoms with Crippen LogP contribution < -0.4 is 0 Å². The van der Waals surface area contributed by atoms with Crippen LogP contribution in [0.25, 0.3) is 44.5 Å². The second-order valence-electron chi connectivity index (χ2n) is 10.5. The van der Waals surface area contributed by atoms with Gasteiger partial charge in [-0.3, -0.25) is 9.89 Å². The van der Waals surface area contributed by atoms with Gasteiger partial charge in [-0.2, -0.15) is 5.10 Å². The molecule has 7 rings (SSSR count). The Labute approximate surface area is 210 Å². The zero-order chi connectivity index (χ0) is 24.2. The van der Waals surface area contributed by atoms with Crippen LogP contribution in [0.2, 0.25) is 0 Å². The molecule has 3 heterocycles. The molecule has 1 saturated heterocycles. The summed E-state index contributed by atoms with van der Waals surface area (Å²) in [6.07, 6.45) is 5.04. The SMILES string of the molecule is Cc1ccc2nc(-c3ccc(-c4ccc5cn[nH]c5c4)cc3)n(C[C@@H]3CCN(C(=O)C4CC4)C3)c2c1. The average molecular weight is 476 g/mol. The molecular formula is C30H29N5O. The number of hydrogen-bond donors (Lipinski definition) is 1. The van der Waals surface area contributed by atoms with E-state index < -0.39 is 0 Å². The highest BCUT2D eigenvalue weighted by molar-refractivity contribution is 5.85. The van der Waals surface area contributed by atoms with Crippen LogP contribution in [-0.4, -0.2) is 43.6 Å². The Morgan fingerprint density at radius 2 is 1.78 bits per heavy atom. The highest BCUT2D eigenvalue weighted by Gasteiger charge is 2.36. The van der Waals surface area contributed by atoms with Gasteiger partial charge in [-0.15, -0.1) is 0 Å². The molecule has 6 nitrogen and oxygen atoms in total. The monoisotopic (exact) mass is 475 g/mol. The lowest BCUT2D eigenvalue weighted by Crippen LogP contribution is -2.30. The predicted molar refractivity (Wildman–Crippen MR) is 142 cm³/mol. The molecule has 180 valence electrons. The van der Waals surface area contributed by atoms with Crippen LogP contribution in [0, 0.1) is 18.8 Å². The molecule has 5 aromatic rings. The van der Waals surface area contributed by atoms with E-state index in [0.29, 0.717) is 17.7 Å². The van der Waals surface area contributed by atoms with Crippen LogP contribution in [0.3, 0.4) is 0 Å². The Balaban J connectivity index is 1.21. The Kier molecular flexibility index (Phi) is 4.94. The molecule has 6 heteroatoms. The lowest BCUT2D eigenvalue weighted by Gasteiger charge is -2.18. The van der Waals surface area contributed by atoms with Crippen LogP contribution in [0.15, 0.2) is 66.9 Å². The normalized spacial score (nSPS) is 17.9. The summed E-state index contributed by atoms with van der Waals surface area (Å²) in [5.74, 6) is 2.11. The van der Waals surface area contributed by atoms with Gasteiger partial charge in [0.15, 0.2) is 0 Å². The van der Waals surface area contributed by atoms with Crippen molar-refractivity contribution < 1.29 is 4.79 Å². The Morgan fingerprint density at radius 3 is 2.61 bits per heavy atom. The zero-order valence-corrected chi connectivity index (χ0v) is 20.4. The number of nitrogens with zero attached hydrogens (tertiary/aromatic N) is 4. The van der Waals surface area contributed by atoms with E-state index in [2.05, 4.69) is 87.3 Å². The summed E-state index contributed by atoms with van der Waals surface area (Å²) >= 11 is 0. The van der Waals surface area contributed by atoms with Gasteiger partial charge in [0.2, 0.25) is 5.91 Å². The van der Waals surface area contributed by atoms with Crippen molar-refractivity contribution in [2.75, 3.05) is 13.1 Å². The first-order valence-electron chi connectivity index (χ1n) is 12.9. The van der Waals surface area contributed by atoms with E-state index in [9.17, 15) is 4.79 Å². The predicted octanol–water partition coefficient (Wildman–Crippen LogP) is 5.81. The first-order chi connectivity index (χ1) is 17.6. The van der Waals surface area contributed by atoms with Crippen molar-refractivity contribution >= 4 is 27.8 Å². The number of H-pyrrole nitrogens is 1. The zero-order valence-electron chi connectivity index (χ0n) is 20.4. The lowest BCUT2D eigenvalue weighted by molar-refractivity contribution is -0.131. The van der Waals surface area contributed by atoms with Crippen molar-refractivity contribution in [2.24, 2.45) is 11.8 Å². The molecule has 1 saturated carbocycles. The highest BCUT2D eigenvalue weighted by Crippen LogP contribution is 2.34. The minimum atomic E-state index is 0.295. The Bertz CT molecular complexity index is 1590. The maximum atomic E-state index is 12.6. The molecule has 2 aromatic heterocycles. The van der Waals surface area contributed by atoms with Crippen LogP contribution >= 0.6 is 0 Å². The van der Waals surface area contributed by atoms with Crippen LogP contribution in [0.5, 0.6) is 0 Å². The lowest BCUT2D eigenvalue weighted by atomic mass is 10.0. The van der Waals surface area contributed by atoms with Crippen LogP contribution in [0.1, 0.15) is 24.8 Å². The summed E-state index contributed by atoms with van der Waals surface area (Å²) in [6.45, 7) is 4.75. The van der Waals surface area contributed by atoms with E-state index in [-0.39, 0.29) is 0 Å². The Hall–Kier alpha value is -3.93. The second-order valence-corrected chi connectivity index (χ2v) is 10.5. The van der Waals surface area contributed by atoms with Gasteiger partial charge in [-0.1, -0.05) is 42.5 Å². The van der Waals surface area contributed by atoms with Gasteiger partial charge in [-0.25, -0.2) is 4.98 Å². The van der Waals surface area contributed by atoms with E-state index >= 15 is 0 Å². The largest absolute Gasteiger partial charge is 0.342 e. The molecule has 0 unspecified atom stereocenters. The number of aromatic nitrogens is 4. The van der Waals surface area contributed by atoms with Crippen molar-refractivity contribution in [1.82, 2.24) is 24.6 Å². The van der Waals surface area contributed by atoms with E-state index in [4.69, 9.17) is 4.98 Å². The molecular weight excluding hydrogens is 446 g/mol. The van der Waals surface area contributed by atoms with E-state index in [1.807, 2.05) is 6.20 Å². The van der Waals surface area contributed by atoms with Gasteiger partial charge < -0.3 is 9.47 Å². The number of fused-ring (bicyclic) bond motifs is 2.